The van der Waals surface area contributed by atoms with E-state index in [4.69, 9.17) is 4.74 Å². The van der Waals surface area contributed by atoms with E-state index in [0.717, 1.165) is 17.4 Å². The van der Waals surface area contributed by atoms with Crippen LogP contribution in [0.1, 0.15) is 58.1 Å². The van der Waals surface area contributed by atoms with Gasteiger partial charge in [0.1, 0.15) is 11.8 Å². The summed E-state index contributed by atoms with van der Waals surface area (Å²) in [6.07, 6.45) is 1.99. The SMILES string of the molecule is CCC(C(=O)NC(C)(C)C)N(Cc1ccc(C)cc1)C(=O)CCCN(c1cccc(OC)c1)S(C)(=O)=O. The molecule has 37 heavy (non-hydrogen) atoms. The summed E-state index contributed by atoms with van der Waals surface area (Å²) in [4.78, 5) is 28.3. The lowest BCUT2D eigenvalue weighted by atomic mass is 10.0. The molecule has 0 aliphatic heterocycles. The number of ether oxygens (including phenoxy) is 1. The van der Waals surface area contributed by atoms with Crippen LogP contribution in [0, 0.1) is 6.92 Å². The van der Waals surface area contributed by atoms with Crippen LogP contribution < -0.4 is 14.4 Å². The highest BCUT2D eigenvalue weighted by Gasteiger charge is 2.30. The Labute approximate surface area is 222 Å². The van der Waals surface area contributed by atoms with Gasteiger partial charge in [-0.3, -0.25) is 13.9 Å². The van der Waals surface area contributed by atoms with Crippen molar-refractivity contribution in [1.82, 2.24) is 10.2 Å². The maximum Gasteiger partial charge on any atom is 0.243 e. The predicted molar refractivity (Wildman–Crippen MR) is 148 cm³/mol. The van der Waals surface area contributed by atoms with E-state index in [9.17, 15) is 18.0 Å². The first-order valence-corrected chi connectivity index (χ1v) is 14.4. The summed E-state index contributed by atoms with van der Waals surface area (Å²) in [6.45, 7) is 10.0. The molecule has 0 radical (unpaired) electrons. The minimum Gasteiger partial charge on any atom is -0.497 e. The summed E-state index contributed by atoms with van der Waals surface area (Å²) in [5.41, 5.74) is 2.07. The first kappa shape index (κ1) is 30.2. The van der Waals surface area contributed by atoms with Crippen molar-refractivity contribution in [3.63, 3.8) is 0 Å². The maximum atomic E-state index is 13.5. The van der Waals surface area contributed by atoms with E-state index in [0.29, 0.717) is 30.8 Å². The lowest BCUT2D eigenvalue weighted by molar-refractivity contribution is -0.142. The van der Waals surface area contributed by atoms with E-state index in [2.05, 4.69) is 5.32 Å². The van der Waals surface area contributed by atoms with Crippen LogP contribution in [0.25, 0.3) is 0 Å². The molecule has 0 aliphatic carbocycles. The van der Waals surface area contributed by atoms with Crippen molar-refractivity contribution in [2.45, 2.75) is 72.0 Å². The Hall–Kier alpha value is -3.07. The van der Waals surface area contributed by atoms with Gasteiger partial charge in [-0.05, 0) is 58.2 Å². The Balaban J connectivity index is 2.24. The van der Waals surface area contributed by atoms with Gasteiger partial charge in [-0.2, -0.15) is 0 Å². The number of rotatable bonds is 12. The van der Waals surface area contributed by atoms with Crippen LogP contribution in [0.5, 0.6) is 5.75 Å². The molecule has 1 atom stereocenters. The Kier molecular flexibility index (Phi) is 10.5. The molecule has 204 valence electrons. The van der Waals surface area contributed by atoms with Gasteiger partial charge >= 0.3 is 0 Å². The smallest absolute Gasteiger partial charge is 0.243 e. The van der Waals surface area contributed by atoms with E-state index in [1.54, 1.807) is 29.2 Å². The quantitative estimate of drug-likeness (QED) is 0.441. The van der Waals surface area contributed by atoms with E-state index in [1.807, 2.05) is 58.9 Å². The van der Waals surface area contributed by atoms with Crippen molar-refractivity contribution in [3.8, 4) is 5.75 Å². The van der Waals surface area contributed by atoms with Crippen molar-refractivity contribution in [2.75, 3.05) is 24.2 Å². The molecule has 0 aliphatic rings. The summed E-state index contributed by atoms with van der Waals surface area (Å²) in [5.74, 6) is 0.141. The van der Waals surface area contributed by atoms with Gasteiger partial charge in [0.25, 0.3) is 0 Å². The second kappa shape index (κ2) is 12.9. The van der Waals surface area contributed by atoms with E-state index in [1.165, 1.54) is 11.4 Å². The summed E-state index contributed by atoms with van der Waals surface area (Å²) >= 11 is 0. The van der Waals surface area contributed by atoms with E-state index in [-0.39, 0.29) is 24.8 Å². The number of nitrogens with zero attached hydrogens (tertiary/aromatic N) is 2. The lowest BCUT2D eigenvalue weighted by Gasteiger charge is -2.33. The largest absolute Gasteiger partial charge is 0.497 e. The molecule has 0 fully saturated rings. The topological polar surface area (TPSA) is 96.0 Å². The second-order valence-electron chi connectivity index (χ2n) is 10.3. The number of hydrogen-bond donors (Lipinski definition) is 1. The molecule has 0 saturated carbocycles. The molecule has 9 heteroatoms. The van der Waals surface area contributed by atoms with Gasteiger partial charge in [-0.1, -0.05) is 42.8 Å². The van der Waals surface area contributed by atoms with Crippen molar-refractivity contribution in [3.05, 3.63) is 59.7 Å². The van der Waals surface area contributed by atoms with Crippen LogP contribution in [-0.2, 0) is 26.2 Å². The Bertz CT molecular complexity index is 1160. The van der Waals surface area contributed by atoms with Crippen molar-refractivity contribution < 1.29 is 22.7 Å². The van der Waals surface area contributed by atoms with Crippen LogP contribution in [0.15, 0.2) is 48.5 Å². The number of amides is 2. The highest BCUT2D eigenvalue weighted by molar-refractivity contribution is 7.92. The highest BCUT2D eigenvalue weighted by atomic mass is 32.2. The number of nitrogens with one attached hydrogen (secondary N) is 1. The molecule has 2 aromatic rings. The fraction of sp³-hybridized carbons (Fsp3) is 0.500. The average molecular weight is 532 g/mol. The fourth-order valence-electron chi connectivity index (χ4n) is 4.03. The van der Waals surface area contributed by atoms with Gasteiger partial charge in [0.15, 0.2) is 0 Å². The molecule has 0 spiro atoms. The molecule has 1 N–H and O–H groups in total. The number of benzene rings is 2. The number of aryl methyl sites for hydroxylation is 1. The van der Waals surface area contributed by atoms with Gasteiger partial charge in [-0.25, -0.2) is 8.42 Å². The van der Waals surface area contributed by atoms with Crippen LogP contribution >= 0.6 is 0 Å². The second-order valence-corrected chi connectivity index (χ2v) is 12.2. The molecular formula is C28H41N3O5S. The molecule has 0 bridgehead atoms. The van der Waals surface area contributed by atoms with Crippen LogP contribution in [0.3, 0.4) is 0 Å². The molecule has 2 aromatic carbocycles. The first-order chi connectivity index (χ1) is 17.2. The fourth-order valence-corrected chi connectivity index (χ4v) is 4.99. The number of sulfonamides is 1. The van der Waals surface area contributed by atoms with Crippen molar-refractivity contribution in [2.24, 2.45) is 0 Å². The minimum absolute atomic E-state index is 0.0984. The summed E-state index contributed by atoms with van der Waals surface area (Å²) in [7, 11) is -2.06. The normalized spacial score (nSPS) is 12.5. The van der Waals surface area contributed by atoms with Crippen molar-refractivity contribution >= 4 is 27.5 Å². The van der Waals surface area contributed by atoms with Crippen LogP contribution in [0.4, 0.5) is 5.69 Å². The molecular weight excluding hydrogens is 490 g/mol. The third kappa shape index (κ3) is 9.39. The standard InChI is InChI=1S/C28H41N3O5S/c1-8-25(27(33)29-28(3,4)5)30(20-22-16-14-21(2)15-17-22)26(32)13-10-18-31(37(7,34)35)23-11-9-12-24(19-23)36-6/h9,11-12,14-17,19,25H,8,10,13,18,20H2,1-7H3,(H,29,33). The van der Waals surface area contributed by atoms with Crippen molar-refractivity contribution in [1.29, 1.82) is 0 Å². The monoisotopic (exact) mass is 531 g/mol. The van der Waals surface area contributed by atoms with Gasteiger partial charge in [0.05, 0.1) is 19.1 Å². The Morgan fingerprint density at radius 1 is 1.08 bits per heavy atom. The Morgan fingerprint density at radius 3 is 2.27 bits per heavy atom. The molecule has 1 unspecified atom stereocenters. The number of carbonyl (C=O) groups excluding carboxylic acids is 2. The zero-order valence-electron chi connectivity index (χ0n) is 23.1. The van der Waals surface area contributed by atoms with Gasteiger partial charge in [-0.15, -0.1) is 0 Å². The number of anilines is 1. The molecule has 8 nitrogen and oxygen atoms in total. The Morgan fingerprint density at radius 2 is 1.73 bits per heavy atom. The maximum absolute atomic E-state index is 13.5. The molecule has 2 rings (SSSR count). The molecule has 0 saturated heterocycles. The highest BCUT2D eigenvalue weighted by Crippen LogP contribution is 2.24. The summed E-state index contributed by atoms with van der Waals surface area (Å²) in [5, 5.41) is 2.99. The molecule has 0 aromatic heterocycles. The lowest BCUT2D eigenvalue weighted by Crippen LogP contribution is -2.53. The summed E-state index contributed by atoms with van der Waals surface area (Å²) in [6, 6.07) is 14.0. The molecule has 0 heterocycles. The predicted octanol–water partition coefficient (Wildman–Crippen LogP) is 4.27. The van der Waals surface area contributed by atoms with Gasteiger partial charge in [0, 0.05) is 31.1 Å². The average Bonchev–Trinajstić information content (AvgIpc) is 2.81. The molecule has 2 amide bonds. The van der Waals surface area contributed by atoms with Gasteiger partial charge < -0.3 is 15.0 Å². The summed E-state index contributed by atoms with van der Waals surface area (Å²) < 4.78 is 31.6. The van der Waals surface area contributed by atoms with E-state index < -0.39 is 21.6 Å². The van der Waals surface area contributed by atoms with Gasteiger partial charge in [0.2, 0.25) is 21.8 Å². The third-order valence-corrected chi connectivity index (χ3v) is 7.05. The number of methoxy groups -OCH3 is 1. The van der Waals surface area contributed by atoms with Crippen LogP contribution in [-0.4, -0.2) is 56.6 Å². The van der Waals surface area contributed by atoms with E-state index >= 15 is 0 Å². The van der Waals surface area contributed by atoms with Crippen LogP contribution in [0.2, 0.25) is 0 Å². The zero-order chi connectivity index (χ0) is 27.8. The first-order valence-electron chi connectivity index (χ1n) is 12.5. The minimum atomic E-state index is -3.58. The zero-order valence-corrected chi connectivity index (χ0v) is 23.9. The number of hydrogen-bond acceptors (Lipinski definition) is 5. The number of carbonyl (C=O) groups is 2. The third-order valence-electron chi connectivity index (χ3n) is 5.85.